The lowest BCUT2D eigenvalue weighted by Crippen LogP contribution is -2.52. The molecule has 0 radical (unpaired) electrons. The maximum Gasteiger partial charge on any atom is 0.268 e. The number of hydrogen-bond acceptors (Lipinski definition) is 5. The molecule has 0 aliphatic carbocycles. The molecule has 6 nitrogen and oxygen atoms in total. The topological polar surface area (TPSA) is 74.7 Å². The van der Waals surface area contributed by atoms with Crippen LogP contribution in [0.3, 0.4) is 0 Å². The summed E-state index contributed by atoms with van der Waals surface area (Å²) < 4.78 is 5.48. The zero-order valence-electron chi connectivity index (χ0n) is 12.5. The fourth-order valence-electron chi connectivity index (χ4n) is 3.82. The molecule has 21 heavy (non-hydrogen) atoms. The number of carbonyl (C=O) groups is 1. The molecular formula is C15H24N4O2. The quantitative estimate of drug-likeness (QED) is 0.490. The Morgan fingerprint density at radius 1 is 1.48 bits per heavy atom. The number of hydrogen-bond donors (Lipinski definition) is 2. The van der Waals surface area contributed by atoms with Crippen molar-refractivity contribution in [3.05, 3.63) is 23.7 Å². The minimum atomic E-state index is -0.286. The van der Waals surface area contributed by atoms with Crippen molar-refractivity contribution >= 4 is 5.91 Å². The second kappa shape index (κ2) is 6.17. The Morgan fingerprint density at radius 3 is 3.14 bits per heavy atom. The van der Waals surface area contributed by atoms with Gasteiger partial charge in [-0.25, -0.2) is 5.84 Å². The highest BCUT2D eigenvalue weighted by Gasteiger charge is 2.34. The van der Waals surface area contributed by atoms with Crippen molar-refractivity contribution in [1.29, 1.82) is 0 Å². The number of likely N-dealkylation sites (tertiary alicyclic amines) is 2. The number of nitrogen functional groups attached to an aromatic ring is 1. The fourth-order valence-corrected chi connectivity index (χ4v) is 3.82. The number of nitrogens with zero attached hydrogens (tertiary/aromatic N) is 2. The molecule has 2 atom stereocenters. The van der Waals surface area contributed by atoms with Crippen LogP contribution in [0, 0.1) is 5.92 Å². The fraction of sp³-hybridized carbons (Fsp3) is 0.667. The first-order valence-electron chi connectivity index (χ1n) is 7.69. The molecule has 2 fully saturated rings. The van der Waals surface area contributed by atoms with Gasteiger partial charge in [0.2, 0.25) is 0 Å². The largest absolute Gasteiger partial charge is 0.467 e. The molecule has 1 amide bonds. The minimum absolute atomic E-state index is 0.286. The van der Waals surface area contributed by atoms with Crippen LogP contribution in [-0.4, -0.2) is 48.4 Å². The molecule has 2 aliphatic heterocycles. The van der Waals surface area contributed by atoms with Crippen molar-refractivity contribution in [2.75, 3.05) is 26.7 Å². The van der Waals surface area contributed by atoms with Gasteiger partial charge in [0.1, 0.15) is 5.76 Å². The number of piperidine rings is 2. The van der Waals surface area contributed by atoms with Crippen LogP contribution in [-0.2, 0) is 6.54 Å². The smallest absolute Gasteiger partial charge is 0.268 e. The van der Waals surface area contributed by atoms with Crippen LogP contribution >= 0.6 is 0 Å². The van der Waals surface area contributed by atoms with Crippen LogP contribution in [0.5, 0.6) is 0 Å². The molecular weight excluding hydrogens is 268 g/mol. The second-order valence-electron chi connectivity index (χ2n) is 6.20. The van der Waals surface area contributed by atoms with Crippen LogP contribution in [0.4, 0.5) is 0 Å². The van der Waals surface area contributed by atoms with E-state index in [1.54, 1.807) is 12.3 Å². The summed E-state index contributed by atoms with van der Waals surface area (Å²) >= 11 is 0. The number of fused-ring (bicyclic) bond motifs is 1. The highest BCUT2D eigenvalue weighted by atomic mass is 16.3. The SMILES string of the molecule is CN1CCCC2CN(Cc3occc3C(=O)NN)CCC21. The average Bonchev–Trinajstić information content (AvgIpc) is 2.95. The van der Waals surface area contributed by atoms with E-state index in [1.807, 2.05) is 0 Å². The third-order valence-corrected chi connectivity index (χ3v) is 4.92. The number of carbonyl (C=O) groups excluding carboxylic acids is 1. The molecule has 2 unspecified atom stereocenters. The standard InChI is InChI=1S/C15H24N4O2/c1-18-6-2-3-11-9-19(7-4-13(11)18)10-14-12(5-8-21-14)15(20)17-16/h5,8,11,13H,2-4,6-7,9-10,16H2,1H3,(H,17,20). The summed E-state index contributed by atoms with van der Waals surface area (Å²) in [6.07, 6.45) is 5.34. The Balaban J connectivity index is 1.64. The second-order valence-corrected chi connectivity index (χ2v) is 6.20. The van der Waals surface area contributed by atoms with E-state index >= 15 is 0 Å². The van der Waals surface area contributed by atoms with Gasteiger partial charge in [-0.05, 0) is 44.8 Å². The third-order valence-electron chi connectivity index (χ3n) is 4.92. The molecule has 116 valence electrons. The van der Waals surface area contributed by atoms with E-state index in [1.165, 1.54) is 25.8 Å². The van der Waals surface area contributed by atoms with E-state index in [2.05, 4.69) is 22.3 Å². The highest BCUT2D eigenvalue weighted by molar-refractivity contribution is 5.94. The van der Waals surface area contributed by atoms with Crippen molar-refractivity contribution < 1.29 is 9.21 Å². The minimum Gasteiger partial charge on any atom is -0.467 e. The van der Waals surface area contributed by atoms with Crippen molar-refractivity contribution in [2.24, 2.45) is 11.8 Å². The predicted molar refractivity (Wildman–Crippen MR) is 79.4 cm³/mol. The number of hydrazine groups is 1. The van der Waals surface area contributed by atoms with Crippen LogP contribution in [0.1, 0.15) is 35.4 Å². The average molecular weight is 292 g/mol. The number of amides is 1. The Labute approximate surface area is 125 Å². The van der Waals surface area contributed by atoms with E-state index in [4.69, 9.17) is 10.3 Å². The van der Waals surface area contributed by atoms with Gasteiger partial charge in [0.05, 0.1) is 18.4 Å². The summed E-state index contributed by atoms with van der Waals surface area (Å²) in [6.45, 7) is 4.04. The summed E-state index contributed by atoms with van der Waals surface area (Å²) in [7, 11) is 2.24. The van der Waals surface area contributed by atoms with Crippen molar-refractivity contribution in [3.8, 4) is 0 Å². The summed E-state index contributed by atoms with van der Waals surface area (Å²) in [5.74, 6) is 6.37. The first kappa shape index (κ1) is 14.6. The van der Waals surface area contributed by atoms with Gasteiger partial charge < -0.3 is 9.32 Å². The lowest BCUT2D eigenvalue weighted by atomic mass is 9.84. The molecule has 2 saturated heterocycles. The maximum atomic E-state index is 11.7. The number of nitrogens with one attached hydrogen (secondary N) is 1. The van der Waals surface area contributed by atoms with Crippen LogP contribution in [0.15, 0.2) is 16.7 Å². The van der Waals surface area contributed by atoms with Crippen LogP contribution < -0.4 is 11.3 Å². The molecule has 6 heteroatoms. The van der Waals surface area contributed by atoms with E-state index in [0.717, 1.165) is 25.0 Å². The molecule has 2 aliphatic rings. The van der Waals surface area contributed by atoms with Crippen molar-refractivity contribution in [3.63, 3.8) is 0 Å². The molecule has 0 spiro atoms. The van der Waals surface area contributed by atoms with Crippen LogP contribution in [0.25, 0.3) is 0 Å². The Morgan fingerprint density at radius 2 is 2.33 bits per heavy atom. The van der Waals surface area contributed by atoms with Crippen molar-refractivity contribution in [1.82, 2.24) is 15.2 Å². The molecule has 3 heterocycles. The monoisotopic (exact) mass is 292 g/mol. The molecule has 1 aromatic heterocycles. The van der Waals surface area contributed by atoms with Gasteiger partial charge in [-0.3, -0.25) is 15.1 Å². The van der Waals surface area contributed by atoms with E-state index < -0.39 is 0 Å². The molecule has 3 N–H and O–H groups in total. The normalized spacial score (nSPS) is 27.3. The Hall–Kier alpha value is -1.37. The van der Waals surface area contributed by atoms with E-state index in [0.29, 0.717) is 17.9 Å². The highest BCUT2D eigenvalue weighted by Crippen LogP contribution is 2.30. The number of furan rings is 1. The molecule has 0 saturated carbocycles. The molecule has 0 aromatic carbocycles. The lowest BCUT2D eigenvalue weighted by Gasteiger charge is -2.45. The van der Waals surface area contributed by atoms with E-state index in [-0.39, 0.29) is 5.91 Å². The predicted octanol–water partition coefficient (Wildman–Crippen LogP) is 0.799. The summed E-state index contributed by atoms with van der Waals surface area (Å²) in [5, 5.41) is 0. The van der Waals surface area contributed by atoms with Crippen molar-refractivity contribution in [2.45, 2.75) is 31.8 Å². The molecule has 1 aromatic rings. The van der Waals surface area contributed by atoms with Gasteiger partial charge in [-0.1, -0.05) is 0 Å². The maximum absolute atomic E-state index is 11.7. The number of rotatable bonds is 3. The summed E-state index contributed by atoms with van der Waals surface area (Å²) in [6, 6.07) is 2.40. The zero-order chi connectivity index (χ0) is 14.8. The summed E-state index contributed by atoms with van der Waals surface area (Å²) in [5.41, 5.74) is 2.71. The Kier molecular flexibility index (Phi) is 4.28. The lowest BCUT2D eigenvalue weighted by molar-refractivity contribution is 0.0328. The molecule has 3 rings (SSSR count). The van der Waals surface area contributed by atoms with Gasteiger partial charge in [0.15, 0.2) is 0 Å². The van der Waals surface area contributed by atoms with Crippen LogP contribution in [0.2, 0.25) is 0 Å². The first-order valence-corrected chi connectivity index (χ1v) is 7.69. The van der Waals surface area contributed by atoms with Gasteiger partial charge in [0.25, 0.3) is 5.91 Å². The van der Waals surface area contributed by atoms with Gasteiger partial charge in [0, 0.05) is 19.1 Å². The first-order chi connectivity index (χ1) is 10.2. The van der Waals surface area contributed by atoms with Gasteiger partial charge >= 0.3 is 0 Å². The van der Waals surface area contributed by atoms with Gasteiger partial charge in [-0.2, -0.15) is 0 Å². The zero-order valence-corrected chi connectivity index (χ0v) is 12.5. The van der Waals surface area contributed by atoms with E-state index in [9.17, 15) is 4.79 Å². The third kappa shape index (κ3) is 2.97. The molecule has 0 bridgehead atoms. The van der Waals surface area contributed by atoms with Gasteiger partial charge in [-0.15, -0.1) is 0 Å². The Bertz CT molecular complexity index is 502. The number of nitrogens with two attached hydrogens (primary N) is 1. The summed E-state index contributed by atoms with van der Waals surface area (Å²) in [4.78, 5) is 16.6.